The zero-order chi connectivity index (χ0) is 39.9. The average molecular weight is 771 g/mol. The van der Waals surface area contributed by atoms with Crippen LogP contribution in [0.3, 0.4) is 0 Å². The third kappa shape index (κ3) is 16.7. The highest BCUT2D eigenvalue weighted by Gasteiger charge is 2.33. The van der Waals surface area contributed by atoms with E-state index in [2.05, 4.69) is 88.4 Å². The van der Waals surface area contributed by atoms with Crippen molar-refractivity contribution in [2.45, 2.75) is 143 Å². The molecule has 0 aromatic heterocycles. The number of hydrogen-bond donors (Lipinski definition) is 0. The Morgan fingerprint density at radius 2 is 0.875 bits per heavy atom. The first-order chi connectivity index (χ1) is 27.2. The minimum absolute atomic E-state index is 0.0233. The van der Waals surface area contributed by atoms with Crippen molar-refractivity contribution in [1.82, 2.24) is 0 Å². The minimum Gasteiger partial charge on any atom is -0.462 e. The minimum atomic E-state index is -0.0233. The first-order valence-electron chi connectivity index (χ1n) is 22.7. The lowest BCUT2D eigenvalue weighted by Gasteiger charge is -2.40. The van der Waals surface area contributed by atoms with Gasteiger partial charge >= 0.3 is 11.9 Å². The predicted octanol–water partition coefficient (Wildman–Crippen LogP) is 11.4. The Labute approximate surface area is 341 Å². The fourth-order valence-electron chi connectivity index (χ4n) is 8.72. The van der Waals surface area contributed by atoms with Crippen LogP contribution in [0.2, 0.25) is 0 Å². The number of rotatable bonds is 25. The van der Waals surface area contributed by atoms with Crippen molar-refractivity contribution in [3.63, 3.8) is 0 Å². The largest absolute Gasteiger partial charge is 0.462 e. The van der Waals surface area contributed by atoms with Crippen LogP contribution in [0, 0.1) is 0 Å². The van der Waals surface area contributed by atoms with E-state index >= 15 is 0 Å². The van der Waals surface area contributed by atoms with E-state index in [1.54, 1.807) is 0 Å². The number of hydrogen-bond acceptors (Lipinski definition) is 4. The van der Waals surface area contributed by atoms with Crippen LogP contribution in [0.1, 0.15) is 142 Å². The van der Waals surface area contributed by atoms with Crippen molar-refractivity contribution in [3.8, 4) is 11.1 Å². The Morgan fingerprint density at radius 3 is 1.23 bits per heavy atom. The number of carbonyl (C=O) groups excluding carboxylic acids is 2. The number of carbonyl (C=O) groups is 2. The third-order valence-electron chi connectivity index (χ3n) is 12.3. The summed E-state index contributed by atoms with van der Waals surface area (Å²) in [5, 5.41) is 0. The van der Waals surface area contributed by atoms with Crippen molar-refractivity contribution in [2.24, 2.45) is 0 Å². The van der Waals surface area contributed by atoms with E-state index in [0.717, 1.165) is 86.8 Å². The highest BCUT2D eigenvalue weighted by molar-refractivity contribution is 5.71. The van der Waals surface area contributed by atoms with Crippen molar-refractivity contribution >= 4 is 11.9 Å². The van der Waals surface area contributed by atoms with Crippen LogP contribution in [-0.2, 0) is 31.9 Å². The summed E-state index contributed by atoms with van der Waals surface area (Å²) in [6.07, 6.45) is 25.6. The molecule has 0 N–H and O–H groups in total. The maximum Gasteiger partial charge on any atom is 0.361 e. The molecule has 2 aliphatic heterocycles. The number of quaternary nitrogens is 2. The molecule has 0 spiro atoms. The number of ether oxygens (including phenoxy) is 2. The summed E-state index contributed by atoms with van der Waals surface area (Å²) in [4.78, 5) is 25.7. The second-order valence-corrected chi connectivity index (χ2v) is 17.5. The van der Waals surface area contributed by atoms with Gasteiger partial charge in [-0.15, -0.1) is 0 Å². The maximum atomic E-state index is 12.9. The van der Waals surface area contributed by atoms with Crippen LogP contribution in [0.25, 0.3) is 11.1 Å². The summed E-state index contributed by atoms with van der Waals surface area (Å²) in [7, 11) is 0. The zero-order valence-electron chi connectivity index (χ0n) is 36.1. The number of piperidine rings is 2. The van der Waals surface area contributed by atoms with Crippen LogP contribution in [0.5, 0.6) is 0 Å². The average Bonchev–Trinajstić information content (AvgIpc) is 3.20. The molecular weight excluding hydrogens is 693 g/mol. The van der Waals surface area contributed by atoms with Gasteiger partial charge in [-0.3, -0.25) is 0 Å². The molecule has 0 aliphatic carbocycles. The van der Waals surface area contributed by atoms with Crippen LogP contribution >= 0.6 is 0 Å². The Balaban J connectivity index is 1.25. The summed E-state index contributed by atoms with van der Waals surface area (Å²) in [5.41, 5.74) is 7.83. The quantitative estimate of drug-likeness (QED) is 0.0437. The Hall–Kier alpha value is -3.22. The topological polar surface area (TPSA) is 52.6 Å². The van der Waals surface area contributed by atoms with Gasteiger partial charge < -0.3 is 18.4 Å². The molecule has 0 atom stereocenters. The Bertz CT molecular complexity index is 1370. The fourth-order valence-corrected chi connectivity index (χ4v) is 8.72. The number of unbranched alkanes of at least 4 members (excludes halogenated alkanes) is 8. The molecule has 2 heterocycles. The molecule has 2 aromatic rings. The van der Waals surface area contributed by atoms with E-state index in [-0.39, 0.29) is 11.9 Å². The number of allylic oxidation sites excluding steroid dienone is 2. The summed E-state index contributed by atoms with van der Waals surface area (Å²) in [6, 6.07) is 18.0. The first kappa shape index (κ1) is 45.5. The number of likely N-dealkylation sites (tertiary alicyclic amines) is 2. The molecule has 0 unspecified atom stereocenters. The monoisotopic (exact) mass is 771 g/mol. The molecule has 0 amide bonds. The van der Waals surface area contributed by atoms with E-state index < -0.39 is 0 Å². The van der Waals surface area contributed by atoms with Crippen molar-refractivity contribution < 1.29 is 28.0 Å². The van der Waals surface area contributed by atoms with Gasteiger partial charge in [0.15, 0.2) is 13.1 Å². The van der Waals surface area contributed by atoms with Gasteiger partial charge in [0, 0.05) is 0 Å². The van der Waals surface area contributed by atoms with Crippen molar-refractivity contribution in [1.29, 1.82) is 0 Å². The molecule has 0 radical (unpaired) electrons. The van der Waals surface area contributed by atoms with E-state index in [1.165, 1.54) is 110 Å². The summed E-state index contributed by atoms with van der Waals surface area (Å²) < 4.78 is 13.1. The van der Waals surface area contributed by atoms with E-state index in [1.807, 2.05) is 0 Å². The fraction of sp³-hybridized carbons (Fsp3) is 0.640. The lowest BCUT2D eigenvalue weighted by atomic mass is 9.98. The molecule has 6 nitrogen and oxygen atoms in total. The van der Waals surface area contributed by atoms with Gasteiger partial charge in [0.1, 0.15) is 0 Å². The van der Waals surface area contributed by atoms with Gasteiger partial charge in [0.25, 0.3) is 0 Å². The summed E-state index contributed by atoms with van der Waals surface area (Å²) >= 11 is 0. The molecule has 4 rings (SSSR count). The highest BCUT2D eigenvalue weighted by atomic mass is 16.5. The molecular formula is C50H78N2O4+2. The van der Waals surface area contributed by atoms with Gasteiger partial charge in [0.2, 0.25) is 0 Å². The summed E-state index contributed by atoms with van der Waals surface area (Å²) in [6.45, 7) is 17.1. The van der Waals surface area contributed by atoms with E-state index in [0.29, 0.717) is 26.3 Å². The maximum absolute atomic E-state index is 12.9. The predicted molar refractivity (Wildman–Crippen MR) is 233 cm³/mol. The van der Waals surface area contributed by atoms with Crippen molar-refractivity contribution in [3.05, 3.63) is 83.0 Å². The molecule has 2 aliphatic rings. The highest BCUT2D eigenvalue weighted by Crippen LogP contribution is 2.25. The van der Waals surface area contributed by atoms with Crippen LogP contribution in [0.15, 0.2) is 71.8 Å². The molecule has 2 fully saturated rings. The molecule has 0 bridgehead atoms. The zero-order valence-corrected chi connectivity index (χ0v) is 36.1. The standard InChI is InChI=1S/C50H78N2O4/c1-5-7-9-11-19-37-55-49(53)41-51(31-15-13-16-32-51)35-29-43(3)39-45-21-25-47(26-22-45)48-27-23-46(24-28-48)40-44(4)30-36-52(33-17-14-18-34-52)42-50(54)56-38-20-12-10-8-6-2/h21-30H,5-20,31-42H2,1-4H3/q+2/b43-29-,44-30-. The number of benzene rings is 2. The first-order valence-corrected chi connectivity index (χ1v) is 22.7. The summed E-state index contributed by atoms with van der Waals surface area (Å²) in [5.74, 6) is -0.0466. The van der Waals surface area contributed by atoms with Crippen LogP contribution < -0.4 is 0 Å². The van der Waals surface area contributed by atoms with E-state index in [4.69, 9.17) is 9.47 Å². The lowest BCUT2D eigenvalue weighted by Crippen LogP contribution is -2.54. The van der Waals surface area contributed by atoms with Gasteiger partial charge in [-0.25, -0.2) is 9.59 Å². The molecule has 2 aromatic carbocycles. The van der Waals surface area contributed by atoms with Crippen LogP contribution in [-0.4, -0.2) is 86.5 Å². The van der Waals surface area contributed by atoms with E-state index in [9.17, 15) is 9.59 Å². The smallest absolute Gasteiger partial charge is 0.361 e. The number of esters is 2. The van der Waals surface area contributed by atoms with Gasteiger partial charge in [-0.2, -0.15) is 0 Å². The normalized spacial score (nSPS) is 17.1. The molecule has 56 heavy (non-hydrogen) atoms. The lowest BCUT2D eigenvalue weighted by molar-refractivity contribution is -0.920. The second-order valence-electron chi connectivity index (χ2n) is 17.5. The molecule has 6 heteroatoms. The second kappa shape index (κ2) is 25.2. The van der Waals surface area contributed by atoms with Gasteiger partial charge in [-0.1, -0.05) is 125 Å². The Morgan fingerprint density at radius 1 is 0.518 bits per heavy atom. The molecule has 2 saturated heterocycles. The molecule has 0 saturated carbocycles. The van der Waals surface area contributed by atoms with Crippen molar-refractivity contribution in [2.75, 3.05) is 65.6 Å². The third-order valence-corrected chi connectivity index (χ3v) is 12.3. The number of nitrogens with zero attached hydrogens (tertiary/aromatic N) is 2. The SMILES string of the molecule is CCCCCCCOC(=O)C[N+]1(C/C=C(/C)Cc2ccc(-c3ccc(C/C(C)=C\C[N+]4(CC(=O)OCCCCCCC)CCCCC4)cc3)cc2)CCCCC1. The molecule has 310 valence electrons. The van der Waals surface area contributed by atoms with Gasteiger partial charge in [-0.05, 0) is 112 Å². The van der Waals surface area contributed by atoms with Gasteiger partial charge in [0.05, 0.1) is 52.5 Å². The Kier molecular flexibility index (Phi) is 20.5. The van der Waals surface area contributed by atoms with Crippen LogP contribution in [0.4, 0.5) is 0 Å².